The third-order valence-corrected chi connectivity index (χ3v) is 4.37. The van der Waals surface area contributed by atoms with Crippen molar-refractivity contribution in [2.75, 3.05) is 17.2 Å². The molecular formula is C20H19N3O3S. The van der Waals surface area contributed by atoms with E-state index in [1.165, 1.54) is 18.3 Å². The van der Waals surface area contributed by atoms with Gasteiger partial charge in [-0.15, -0.1) is 11.3 Å². The Bertz CT molecular complexity index is 951. The number of amides is 2. The molecule has 1 aromatic heterocycles. The summed E-state index contributed by atoms with van der Waals surface area (Å²) < 4.78 is 5.49. The molecule has 27 heavy (non-hydrogen) atoms. The highest BCUT2D eigenvalue weighted by atomic mass is 32.1. The summed E-state index contributed by atoms with van der Waals surface area (Å²) in [7, 11) is 0. The molecule has 0 spiro atoms. The molecule has 138 valence electrons. The molecule has 0 saturated carbocycles. The number of ether oxygens (including phenoxy) is 1. The van der Waals surface area contributed by atoms with E-state index in [1.807, 2.05) is 60.8 Å². The fourth-order valence-electron chi connectivity index (χ4n) is 2.40. The van der Waals surface area contributed by atoms with Crippen LogP contribution in [0.1, 0.15) is 12.5 Å². The van der Waals surface area contributed by atoms with Gasteiger partial charge >= 0.3 is 0 Å². The SMILES string of the molecule is CC(=O)Nc1ccc(-c2csc(NC(=O)COc3cccc(C)c3)n2)cc1. The molecule has 0 atom stereocenters. The van der Waals surface area contributed by atoms with E-state index < -0.39 is 0 Å². The van der Waals surface area contributed by atoms with Gasteiger partial charge in [-0.05, 0) is 36.8 Å². The Morgan fingerprint density at radius 2 is 1.89 bits per heavy atom. The maximum absolute atomic E-state index is 12.1. The summed E-state index contributed by atoms with van der Waals surface area (Å²) in [6.45, 7) is 3.35. The molecule has 0 aliphatic rings. The lowest BCUT2D eigenvalue weighted by molar-refractivity contribution is -0.118. The number of aromatic nitrogens is 1. The van der Waals surface area contributed by atoms with Crippen LogP contribution < -0.4 is 15.4 Å². The van der Waals surface area contributed by atoms with E-state index in [4.69, 9.17) is 4.74 Å². The van der Waals surface area contributed by atoms with Gasteiger partial charge in [0.05, 0.1) is 5.69 Å². The van der Waals surface area contributed by atoms with Crippen LogP contribution in [0, 0.1) is 6.92 Å². The van der Waals surface area contributed by atoms with E-state index in [2.05, 4.69) is 15.6 Å². The Balaban J connectivity index is 1.57. The van der Waals surface area contributed by atoms with Crippen LogP contribution in [-0.2, 0) is 9.59 Å². The first kappa shape index (κ1) is 18.6. The molecule has 0 saturated heterocycles. The van der Waals surface area contributed by atoms with Crippen LogP contribution in [0.3, 0.4) is 0 Å². The van der Waals surface area contributed by atoms with Gasteiger partial charge in [-0.1, -0.05) is 24.3 Å². The molecule has 0 aliphatic heterocycles. The maximum atomic E-state index is 12.1. The number of rotatable bonds is 6. The number of carbonyl (C=O) groups is 2. The van der Waals surface area contributed by atoms with Gasteiger partial charge in [-0.3, -0.25) is 14.9 Å². The molecule has 0 fully saturated rings. The maximum Gasteiger partial charge on any atom is 0.264 e. The third kappa shape index (κ3) is 5.39. The number of hydrogen-bond donors (Lipinski definition) is 2. The number of benzene rings is 2. The molecule has 0 unspecified atom stereocenters. The topological polar surface area (TPSA) is 80.3 Å². The predicted octanol–water partition coefficient (Wildman–Crippen LogP) is 4.09. The zero-order valence-corrected chi connectivity index (χ0v) is 15.8. The predicted molar refractivity (Wildman–Crippen MR) is 107 cm³/mol. The summed E-state index contributed by atoms with van der Waals surface area (Å²) in [5.41, 5.74) is 3.45. The van der Waals surface area contributed by atoms with Crippen molar-refractivity contribution in [1.82, 2.24) is 4.98 Å². The standard InChI is InChI=1S/C20H19N3O3S/c1-13-4-3-5-17(10-13)26-11-19(25)23-20-22-18(12-27-20)15-6-8-16(9-7-15)21-14(2)24/h3-10,12H,11H2,1-2H3,(H,21,24)(H,22,23,25). The minimum atomic E-state index is -0.265. The van der Waals surface area contributed by atoms with Gasteiger partial charge in [0.25, 0.3) is 5.91 Å². The summed E-state index contributed by atoms with van der Waals surface area (Å²) in [6, 6.07) is 14.9. The van der Waals surface area contributed by atoms with Crippen molar-refractivity contribution in [2.45, 2.75) is 13.8 Å². The molecule has 2 N–H and O–H groups in total. The van der Waals surface area contributed by atoms with Crippen LogP contribution in [-0.4, -0.2) is 23.4 Å². The van der Waals surface area contributed by atoms with Crippen LogP contribution in [0.25, 0.3) is 11.3 Å². The van der Waals surface area contributed by atoms with Crippen LogP contribution in [0.5, 0.6) is 5.75 Å². The van der Waals surface area contributed by atoms with Crippen molar-refractivity contribution in [3.05, 3.63) is 59.5 Å². The lowest BCUT2D eigenvalue weighted by atomic mass is 10.1. The molecule has 3 aromatic rings. The second-order valence-electron chi connectivity index (χ2n) is 5.95. The lowest BCUT2D eigenvalue weighted by Gasteiger charge is -2.06. The van der Waals surface area contributed by atoms with Crippen LogP contribution in [0.2, 0.25) is 0 Å². The molecule has 2 aromatic carbocycles. The summed E-state index contributed by atoms with van der Waals surface area (Å²) >= 11 is 1.34. The van der Waals surface area contributed by atoms with Crippen molar-refractivity contribution in [3.63, 3.8) is 0 Å². The van der Waals surface area contributed by atoms with Gasteiger partial charge in [0, 0.05) is 23.6 Å². The number of anilines is 2. The Morgan fingerprint density at radius 1 is 1.11 bits per heavy atom. The minimum absolute atomic E-state index is 0.0796. The highest BCUT2D eigenvalue weighted by molar-refractivity contribution is 7.14. The molecule has 0 bridgehead atoms. The smallest absolute Gasteiger partial charge is 0.264 e. The van der Waals surface area contributed by atoms with E-state index in [0.717, 1.165) is 22.5 Å². The molecule has 6 nitrogen and oxygen atoms in total. The summed E-state index contributed by atoms with van der Waals surface area (Å²) in [5, 5.41) is 7.83. The fourth-order valence-corrected chi connectivity index (χ4v) is 3.14. The molecular weight excluding hydrogens is 362 g/mol. The monoisotopic (exact) mass is 381 g/mol. The van der Waals surface area contributed by atoms with Crippen molar-refractivity contribution in [1.29, 1.82) is 0 Å². The van der Waals surface area contributed by atoms with Gasteiger partial charge in [0.15, 0.2) is 11.7 Å². The molecule has 7 heteroatoms. The summed E-state index contributed by atoms with van der Waals surface area (Å²) in [5.74, 6) is 0.275. The summed E-state index contributed by atoms with van der Waals surface area (Å²) in [6.07, 6.45) is 0. The second kappa shape index (κ2) is 8.46. The Labute approximate surface area is 161 Å². The Kier molecular flexibility index (Phi) is 5.83. The van der Waals surface area contributed by atoms with E-state index in [0.29, 0.717) is 10.9 Å². The van der Waals surface area contributed by atoms with Crippen molar-refractivity contribution >= 4 is 34.0 Å². The molecule has 0 radical (unpaired) electrons. The lowest BCUT2D eigenvalue weighted by Crippen LogP contribution is -2.20. The first-order valence-electron chi connectivity index (χ1n) is 8.32. The van der Waals surface area contributed by atoms with Gasteiger partial charge in [0.2, 0.25) is 5.91 Å². The molecule has 0 aliphatic carbocycles. The quantitative estimate of drug-likeness (QED) is 0.674. The third-order valence-electron chi connectivity index (χ3n) is 3.61. The zero-order valence-electron chi connectivity index (χ0n) is 15.0. The van der Waals surface area contributed by atoms with Crippen LogP contribution in [0.4, 0.5) is 10.8 Å². The van der Waals surface area contributed by atoms with Gasteiger partial charge in [-0.2, -0.15) is 0 Å². The van der Waals surface area contributed by atoms with Crippen LogP contribution >= 0.6 is 11.3 Å². The Morgan fingerprint density at radius 3 is 2.59 bits per heavy atom. The van der Waals surface area contributed by atoms with Crippen molar-refractivity contribution in [3.8, 4) is 17.0 Å². The van der Waals surface area contributed by atoms with E-state index >= 15 is 0 Å². The highest BCUT2D eigenvalue weighted by Gasteiger charge is 2.09. The molecule has 1 heterocycles. The first-order valence-corrected chi connectivity index (χ1v) is 9.20. The highest BCUT2D eigenvalue weighted by Crippen LogP contribution is 2.26. The largest absolute Gasteiger partial charge is 0.484 e. The molecule has 2 amide bonds. The van der Waals surface area contributed by atoms with Gasteiger partial charge < -0.3 is 10.1 Å². The number of hydrogen-bond acceptors (Lipinski definition) is 5. The van der Waals surface area contributed by atoms with Crippen molar-refractivity contribution in [2.24, 2.45) is 0 Å². The van der Waals surface area contributed by atoms with Gasteiger partial charge in [0.1, 0.15) is 5.75 Å². The van der Waals surface area contributed by atoms with E-state index in [9.17, 15) is 9.59 Å². The van der Waals surface area contributed by atoms with Crippen LogP contribution in [0.15, 0.2) is 53.9 Å². The minimum Gasteiger partial charge on any atom is -0.484 e. The number of nitrogens with zero attached hydrogens (tertiary/aromatic N) is 1. The number of aryl methyl sites for hydroxylation is 1. The average Bonchev–Trinajstić information content (AvgIpc) is 3.08. The van der Waals surface area contributed by atoms with E-state index in [-0.39, 0.29) is 18.4 Å². The number of nitrogens with one attached hydrogen (secondary N) is 2. The normalized spacial score (nSPS) is 10.3. The average molecular weight is 381 g/mol. The number of thiazole rings is 1. The van der Waals surface area contributed by atoms with E-state index in [1.54, 1.807) is 0 Å². The fraction of sp³-hybridized carbons (Fsp3) is 0.150. The number of carbonyl (C=O) groups excluding carboxylic acids is 2. The summed E-state index contributed by atoms with van der Waals surface area (Å²) in [4.78, 5) is 27.5. The molecule has 3 rings (SSSR count). The second-order valence-corrected chi connectivity index (χ2v) is 6.81. The first-order chi connectivity index (χ1) is 13.0. The Hall–Kier alpha value is -3.19. The van der Waals surface area contributed by atoms with Crippen molar-refractivity contribution < 1.29 is 14.3 Å². The van der Waals surface area contributed by atoms with Gasteiger partial charge in [-0.25, -0.2) is 4.98 Å². The zero-order chi connectivity index (χ0) is 19.2.